The Morgan fingerprint density at radius 1 is 0.720 bits per heavy atom. The van der Waals surface area contributed by atoms with Crippen molar-refractivity contribution in [1.29, 1.82) is 5.41 Å². The highest BCUT2D eigenvalue weighted by molar-refractivity contribution is 5.95. The number of hydrogen-bond acceptors (Lipinski definition) is 7. The molecule has 0 aliphatic rings. The second-order valence-electron chi connectivity index (χ2n) is 11.7. The molecule has 0 spiro atoms. The molecule has 12 N–H and O–H groups in total. The van der Waals surface area contributed by atoms with E-state index in [1.807, 2.05) is 72.8 Å². The van der Waals surface area contributed by atoms with E-state index < -0.39 is 41.8 Å². The number of alkyl carbamates (subject to hydrolysis) is 1. The largest absolute Gasteiger partial charge is 0.445 e. The van der Waals surface area contributed by atoms with Gasteiger partial charge in [0.1, 0.15) is 24.5 Å². The second-order valence-corrected chi connectivity index (χ2v) is 11.7. The van der Waals surface area contributed by atoms with Gasteiger partial charge in [0.25, 0.3) is 0 Å². The van der Waals surface area contributed by atoms with Crippen molar-refractivity contribution in [3.05, 3.63) is 107 Å². The Labute approximate surface area is 291 Å². The lowest BCUT2D eigenvalue weighted by Crippen LogP contribution is -2.53. The molecule has 14 nitrogen and oxygen atoms in total. The molecule has 0 aromatic heterocycles. The molecule has 0 saturated heterocycles. The maximum Gasteiger partial charge on any atom is 0.407 e. The number of nitrogens with one attached hydrogen (secondary N) is 4. The maximum absolute atomic E-state index is 14.0. The molecule has 2 unspecified atom stereocenters. The molecule has 0 fully saturated rings. The van der Waals surface area contributed by atoms with Crippen LogP contribution in [-0.2, 0) is 32.1 Å². The van der Waals surface area contributed by atoms with Gasteiger partial charge in [-0.05, 0) is 55.2 Å². The van der Waals surface area contributed by atoms with Gasteiger partial charge >= 0.3 is 6.09 Å². The first-order valence-corrected chi connectivity index (χ1v) is 16.4. The van der Waals surface area contributed by atoms with E-state index in [1.54, 1.807) is 12.1 Å². The van der Waals surface area contributed by atoms with Gasteiger partial charge in [-0.2, -0.15) is 0 Å². The molecule has 3 aromatic rings. The fraction of sp³-hybridized carbons (Fsp3) is 0.333. The molecule has 3 atom stereocenters. The number of nitrogen functional groups attached to an aromatic ring is 1. The Morgan fingerprint density at radius 2 is 1.34 bits per heavy atom. The maximum atomic E-state index is 14.0. The number of primary amides is 1. The number of ether oxygens (including phenoxy) is 1. The summed E-state index contributed by atoms with van der Waals surface area (Å²) in [5.41, 5.74) is 25.0. The summed E-state index contributed by atoms with van der Waals surface area (Å²) < 4.78 is 5.25. The van der Waals surface area contributed by atoms with Crippen molar-refractivity contribution in [2.45, 2.75) is 63.1 Å². The zero-order valence-corrected chi connectivity index (χ0v) is 28.0. The number of unbranched alkanes of at least 4 members (excludes halogenated alkanes) is 1. The van der Waals surface area contributed by atoms with E-state index in [1.165, 1.54) is 0 Å². The molecule has 0 aliphatic carbocycles. The Hall–Kier alpha value is -5.92. The Morgan fingerprint density at radius 3 is 1.96 bits per heavy atom. The van der Waals surface area contributed by atoms with Crippen LogP contribution >= 0.6 is 0 Å². The van der Waals surface area contributed by atoms with E-state index in [9.17, 15) is 19.2 Å². The molecule has 4 amide bonds. The van der Waals surface area contributed by atoms with Crippen LogP contribution in [-0.4, -0.2) is 60.8 Å². The lowest BCUT2D eigenvalue weighted by atomic mass is 9.90. The van der Waals surface area contributed by atoms with Gasteiger partial charge in [0.15, 0.2) is 5.96 Å². The fourth-order valence-corrected chi connectivity index (χ4v) is 5.14. The standard InChI is InChI=1S/C36H47N9O5/c37-31(38)27-18-16-24(17-19-27)22-28(26-12-5-2-6-13-26)33(47)45-30(34(48)44-29(32(39)46)15-9-21-42-35(40)41)14-7-8-20-43-36(49)50-23-25-10-3-1-4-11-25/h1-6,10-13,16-19,28-30H,7-9,14-15,20-23H2,(H3,37,38)(H2,39,46)(H,43,49)(H,44,48)(H,45,47)(H4,40,41,42)/t28-,29?,30?/m0/s1. The van der Waals surface area contributed by atoms with Crippen molar-refractivity contribution in [3.8, 4) is 0 Å². The van der Waals surface area contributed by atoms with Crippen molar-refractivity contribution in [3.63, 3.8) is 0 Å². The lowest BCUT2D eigenvalue weighted by Gasteiger charge is -2.25. The fourth-order valence-electron chi connectivity index (χ4n) is 5.14. The highest BCUT2D eigenvalue weighted by Gasteiger charge is 2.29. The van der Waals surface area contributed by atoms with Crippen LogP contribution in [0.25, 0.3) is 0 Å². The number of rotatable bonds is 20. The van der Waals surface area contributed by atoms with Crippen molar-refractivity contribution in [1.82, 2.24) is 16.0 Å². The van der Waals surface area contributed by atoms with E-state index in [2.05, 4.69) is 20.9 Å². The third kappa shape index (κ3) is 13.7. The van der Waals surface area contributed by atoms with E-state index >= 15 is 0 Å². The van der Waals surface area contributed by atoms with Crippen molar-refractivity contribution >= 4 is 35.6 Å². The van der Waals surface area contributed by atoms with E-state index in [-0.39, 0.29) is 44.3 Å². The molecule has 14 heteroatoms. The lowest BCUT2D eigenvalue weighted by molar-refractivity contribution is -0.132. The van der Waals surface area contributed by atoms with Crippen LogP contribution in [0.1, 0.15) is 60.3 Å². The predicted octanol–water partition coefficient (Wildman–Crippen LogP) is 1.90. The number of amides is 4. The highest BCUT2D eigenvalue weighted by atomic mass is 16.5. The van der Waals surface area contributed by atoms with Crippen LogP contribution in [0, 0.1) is 5.41 Å². The summed E-state index contributed by atoms with van der Waals surface area (Å²) in [5.74, 6) is -2.51. The van der Waals surface area contributed by atoms with Crippen LogP contribution < -0.4 is 38.9 Å². The Kier molecular flexibility index (Phi) is 15.8. The number of benzene rings is 3. The normalized spacial score (nSPS) is 12.4. The molecule has 0 heterocycles. The average Bonchev–Trinajstić information content (AvgIpc) is 3.10. The predicted molar refractivity (Wildman–Crippen MR) is 192 cm³/mol. The zero-order chi connectivity index (χ0) is 36.3. The smallest absolute Gasteiger partial charge is 0.407 e. The summed E-state index contributed by atoms with van der Waals surface area (Å²) in [7, 11) is 0. The van der Waals surface area contributed by atoms with Crippen molar-refractivity contribution < 1.29 is 23.9 Å². The van der Waals surface area contributed by atoms with Crippen molar-refractivity contribution in [2.24, 2.45) is 27.9 Å². The summed E-state index contributed by atoms with van der Waals surface area (Å²) in [6, 6.07) is 23.5. The topological polar surface area (TPSA) is 254 Å². The van der Waals surface area contributed by atoms with Crippen LogP contribution in [0.15, 0.2) is 89.9 Å². The number of aliphatic imine (C=N–C) groups is 1. The summed E-state index contributed by atoms with van der Waals surface area (Å²) in [4.78, 5) is 55.9. The first-order chi connectivity index (χ1) is 24.0. The minimum atomic E-state index is -1.02. The van der Waals surface area contributed by atoms with Crippen LogP contribution in [0.5, 0.6) is 0 Å². The summed E-state index contributed by atoms with van der Waals surface area (Å²) >= 11 is 0. The number of nitrogens with zero attached hydrogens (tertiary/aromatic N) is 1. The summed E-state index contributed by atoms with van der Waals surface area (Å²) in [6.07, 6.45) is 1.47. The van der Waals surface area contributed by atoms with E-state index in [4.69, 9.17) is 33.1 Å². The Balaban J connectivity index is 1.70. The van der Waals surface area contributed by atoms with Crippen LogP contribution in [0.3, 0.4) is 0 Å². The number of nitrogens with two attached hydrogens (primary N) is 4. The first kappa shape index (κ1) is 38.5. The first-order valence-electron chi connectivity index (χ1n) is 16.4. The van der Waals surface area contributed by atoms with Crippen LogP contribution in [0.4, 0.5) is 4.79 Å². The monoisotopic (exact) mass is 685 g/mol. The molecule has 3 aromatic carbocycles. The second kappa shape index (κ2) is 20.4. The SMILES string of the molecule is N=C(N)c1ccc(C[C@H](C(=O)NC(CCCCNC(=O)OCc2ccccc2)C(=O)NC(CCCN=C(N)N)C(N)=O)c2ccccc2)cc1. The number of carbonyl (C=O) groups excluding carboxylic acids is 4. The Bertz CT molecular complexity index is 1580. The van der Waals surface area contributed by atoms with Gasteiger partial charge in [0, 0.05) is 18.7 Å². The molecule has 50 heavy (non-hydrogen) atoms. The minimum Gasteiger partial charge on any atom is -0.445 e. The molecule has 0 aliphatic heterocycles. The third-order valence-electron chi connectivity index (χ3n) is 7.86. The van der Waals surface area contributed by atoms with E-state index in [0.717, 1.165) is 16.7 Å². The molecular formula is C36H47N9O5. The van der Waals surface area contributed by atoms with Gasteiger partial charge < -0.3 is 43.6 Å². The number of guanidine groups is 1. The van der Waals surface area contributed by atoms with Gasteiger partial charge in [-0.25, -0.2) is 4.79 Å². The highest BCUT2D eigenvalue weighted by Crippen LogP contribution is 2.22. The number of carbonyl (C=O) groups is 4. The van der Waals surface area contributed by atoms with Gasteiger partial charge in [-0.15, -0.1) is 0 Å². The number of amidine groups is 1. The van der Waals surface area contributed by atoms with Crippen molar-refractivity contribution in [2.75, 3.05) is 13.1 Å². The quantitative estimate of drug-likeness (QED) is 0.0494. The molecule has 3 rings (SSSR count). The van der Waals surface area contributed by atoms with Gasteiger partial charge in [-0.1, -0.05) is 84.9 Å². The molecular weight excluding hydrogens is 638 g/mol. The van der Waals surface area contributed by atoms with Gasteiger partial charge in [0.05, 0.1) is 5.92 Å². The summed E-state index contributed by atoms with van der Waals surface area (Å²) in [6.45, 7) is 0.667. The molecule has 0 bridgehead atoms. The van der Waals surface area contributed by atoms with Gasteiger partial charge in [0.2, 0.25) is 17.7 Å². The molecule has 266 valence electrons. The average molecular weight is 686 g/mol. The zero-order valence-electron chi connectivity index (χ0n) is 28.0. The van der Waals surface area contributed by atoms with Gasteiger partial charge in [-0.3, -0.25) is 24.8 Å². The molecule has 0 saturated carbocycles. The number of hydrogen-bond donors (Lipinski definition) is 8. The van der Waals surface area contributed by atoms with Crippen LogP contribution in [0.2, 0.25) is 0 Å². The minimum absolute atomic E-state index is 0.0625. The molecule has 0 radical (unpaired) electrons. The third-order valence-corrected chi connectivity index (χ3v) is 7.86. The summed E-state index contributed by atoms with van der Waals surface area (Å²) in [5, 5.41) is 16.0. The van der Waals surface area contributed by atoms with E-state index in [0.29, 0.717) is 31.2 Å².